The molecule has 0 saturated carbocycles. The molecule has 2 aromatic carbocycles. The van der Waals surface area contributed by atoms with Gasteiger partial charge in [-0.15, -0.1) is 10.2 Å². The van der Waals surface area contributed by atoms with Crippen molar-refractivity contribution < 1.29 is 18.3 Å². The molecule has 33 heavy (non-hydrogen) atoms. The van der Waals surface area contributed by atoms with E-state index in [2.05, 4.69) is 25.2 Å². The molecule has 0 aliphatic carbocycles. The van der Waals surface area contributed by atoms with E-state index in [0.717, 1.165) is 31.6 Å². The van der Waals surface area contributed by atoms with Crippen molar-refractivity contribution in [2.45, 2.75) is 36.8 Å². The maximum atomic E-state index is 12.9. The normalized spacial score (nSPS) is 14.5. The topological polar surface area (TPSA) is 72.3 Å². The predicted molar refractivity (Wildman–Crippen MR) is 125 cm³/mol. The molecule has 4 rings (SSSR count). The van der Waals surface area contributed by atoms with E-state index in [1.807, 2.05) is 22.8 Å². The number of benzene rings is 2. The summed E-state index contributed by atoms with van der Waals surface area (Å²) >= 11 is 7.68. The fourth-order valence-electron chi connectivity index (χ4n) is 3.52. The van der Waals surface area contributed by atoms with Crippen molar-refractivity contribution in [3.8, 4) is 11.4 Å². The van der Waals surface area contributed by atoms with Crippen molar-refractivity contribution >= 4 is 40.9 Å². The molecule has 7 nitrogen and oxygen atoms in total. The Morgan fingerprint density at radius 2 is 1.82 bits per heavy atom. The van der Waals surface area contributed by atoms with Gasteiger partial charge in [-0.05, 0) is 44.0 Å². The SMILES string of the molecule is CC(Sc1nnc(N2CCCC2)n1-c1ccccc1Cl)C(=O)Nc1ccccc1OC(F)F. The number of nitrogens with zero attached hydrogens (tertiary/aromatic N) is 4. The van der Waals surface area contributed by atoms with Crippen molar-refractivity contribution in [1.29, 1.82) is 0 Å². The van der Waals surface area contributed by atoms with Crippen LogP contribution < -0.4 is 15.0 Å². The molecule has 0 spiro atoms. The second kappa shape index (κ2) is 10.4. The molecular formula is C22H22ClF2N5O2S. The summed E-state index contributed by atoms with van der Waals surface area (Å²) in [6.45, 7) is 0.444. The Kier molecular flexibility index (Phi) is 7.34. The molecule has 1 unspecified atom stereocenters. The molecule has 1 aliphatic heterocycles. The zero-order valence-corrected chi connectivity index (χ0v) is 19.3. The van der Waals surface area contributed by atoms with Crippen LogP contribution in [0.4, 0.5) is 20.4 Å². The Hall–Kier alpha value is -2.85. The van der Waals surface area contributed by atoms with Gasteiger partial charge in [0.2, 0.25) is 11.9 Å². The fourth-order valence-corrected chi connectivity index (χ4v) is 4.59. The molecule has 1 aliphatic rings. The van der Waals surface area contributed by atoms with Crippen molar-refractivity contribution in [2.75, 3.05) is 23.3 Å². The molecule has 2 heterocycles. The first-order valence-corrected chi connectivity index (χ1v) is 11.7. The first-order valence-electron chi connectivity index (χ1n) is 10.4. The third kappa shape index (κ3) is 5.39. The number of anilines is 2. The summed E-state index contributed by atoms with van der Waals surface area (Å²) in [5, 5.41) is 11.8. The maximum absolute atomic E-state index is 12.9. The van der Waals surface area contributed by atoms with Gasteiger partial charge in [-0.1, -0.05) is 47.6 Å². The first kappa shape index (κ1) is 23.3. The average molecular weight is 494 g/mol. The van der Waals surface area contributed by atoms with E-state index in [4.69, 9.17) is 11.6 Å². The van der Waals surface area contributed by atoms with Crippen LogP contribution in [0, 0.1) is 0 Å². The van der Waals surface area contributed by atoms with E-state index >= 15 is 0 Å². The molecule has 11 heteroatoms. The van der Waals surface area contributed by atoms with Crippen LogP contribution in [-0.2, 0) is 4.79 Å². The fraction of sp³-hybridized carbons (Fsp3) is 0.318. The van der Waals surface area contributed by atoms with Crippen molar-refractivity contribution in [2.24, 2.45) is 0 Å². The number of rotatable bonds is 8. The molecule has 0 bridgehead atoms. The van der Waals surface area contributed by atoms with Gasteiger partial charge in [-0.25, -0.2) is 0 Å². The Balaban J connectivity index is 1.58. The maximum Gasteiger partial charge on any atom is 0.387 e. The van der Waals surface area contributed by atoms with Crippen LogP contribution in [0.2, 0.25) is 5.02 Å². The van der Waals surface area contributed by atoms with Crippen LogP contribution in [0.25, 0.3) is 5.69 Å². The van der Waals surface area contributed by atoms with E-state index < -0.39 is 11.9 Å². The Morgan fingerprint density at radius 1 is 1.12 bits per heavy atom. The van der Waals surface area contributed by atoms with E-state index in [9.17, 15) is 13.6 Å². The highest BCUT2D eigenvalue weighted by Gasteiger charge is 2.26. The van der Waals surface area contributed by atoms with Crippen LogP contribution in [0.5, 0.6) is 5.75 Å². The number of thioether (sulfide) groups is 1. The van der Waals surface area contributed by atoms with Crippen LogP contribution in [0.1, 0.15) is 19.8 Å². The molecule has 0 radical (unpaired) electrons. The lowest BCUT2D eigenvalue weighted by Gasteiger charge is -2.20. The molecular weight excluding hydrogens is 472 g/mol. The van der Waals surface area contributed by atoms with Crippen molar-refractivity contribution in [3.05, 3.63) is 53.6 Å². The Bertz CT molecular complexity index is 1120. The van der Waals surface area contributed by atoms with E-state index in [-0.39, 0.29) is 17.3 Å². The number of halogens is 3. The molecule has 174 valence electrons. The number of carbonyl (C=O) groups is 1. The third-order valence-corrected chi connectivity index (χ3v) is 6.47. The van der Waals surface area contributed by atoms with Crippen molar-refractivity contribution in [1.82, 2.24) is 14.8 Å². The summed E-state index contributed by atoms with van der Waals surface area (Å²) in [6.07, 6.45) is 2.13. The van der Waals surface area contributed by atoms with Gasteiger partial charge in [0.15, 0.2) is 5.16 Å². The number of amides is 1. The highest BCUT2D eigenvalue weighted by Crippen LogP contribution is 2.34. The molecule has 1 aromatic heterocycles. The average Bonchev–Trinajstić information content (AvgIpc) is 3.45. The number of carbonyl (C=O) groups excluding carboxylic acids is 1. The number of ether oxygens (including phenoxy) is 1. The van der Waals surface area contributed by atoms with Crippen LogP contribution in [-0.4, -0.2) is 45.6 Å². The van der Waals surface area contributed by atoms with Crippen LogP contribution >= 0.6 is 23.4 Å². The minimum atomic E-state index is -2.99. The summed E-state index contributed by atoms with van der Waals surface area (Å²) in [6, 6.07) is 13.4. The van der Waals surface area contributed by atoms with Gasteiger partial charge >= 0.3 is 6.61 Å². The standard InChI is InChI=1S/C22H22ClF2N5O2S/c1-14(19(31)26-16-9-3-5-11-18(16)32-20(24)25)33-22-28-27-21(29-12-6-7-13-29)30(22)17-10-4-2-8-15(17)23/h2-5,8-11,14,20H,6-7,12-13H2,1H3,(H,26,31). The number of aromatic nitrogens is 3. The molecule has 1 saturated heterocycles. The number of alkyl halides is 2. The molecule has 1 N–H and O–H groups in total. The van der Waals surface area contributed by atoms with Gasteiger partial charge in [0.25, 0.3) is 0 Å². The minimum Gasteiger partial charge on any atom is -0.433 e. The summed E-state index contributed by atoms with van der Waals surface area (Å²) in [7, 11) is 0. The summed E-state index contributed by atoms with van der Waals surface area (Å²) in [5.41, 5.74) is 0.887. The van der Waals surface area contributed by atoms with E-state index in [1.165, 1.54) is 23.9 Å². The molecule has 1 amide bonds. The second-order valence-electron chi connectivity index (χ2n) is 7.39. The van der Waals surface area contributed by atoms with E-state index in [1.54, 1.807) is 25.1 Å². The number of nitrogens with one attached hydrogen (secondary N) is 1. The zero-order chi connectivity index (χ0) is 23.4. The van der Waals surface area contributed by atoms with Crippen LogP contribution in [0.3, 0.4) is 0 Å². The van der Waals surface area contributed by atoms with Gasteiger partial charge in [-0.2, -0.15) is 8.78 Å². The number of hydrogen-bond donors (Lipinski definition) is 1. The Labute approximate surface area is 199 Å². The molecule has 1 fully saturated rings. The second-order valence-corrected chi connectivity index (χ2v) is 9.10. The first-order chi connectivity index (χ1) is 15.9. The quantitative estimate of drug-likeness (QED) is 0.432. The lowest BCUT2D eigenvalue weighted by atomic mass is 10.3. The summed E-state index contributed by atoms with van der Waals surface area (Å²) in [5.74, 6) is 0.182. The largest absolute Gasteiger partial charge is 0.433 e. The number of hydrogen-bond acceptors (Lipinski definition) is 6. The van der Waals surface area contributed by atoms with Gasteiger partial charge < -0.3 is 15.0 Å². The lowest BCUT2D eigenvalue weighted by Crippen LogP contribution is -2.24. The minimum absolute atomic E-state index is 0.103. The van der Waals surface area contributed by atoms with Crippen molar-refractivity contribution in [3.63, 3.8) is 0 Å². The predicted octanol–water partition coefficient (Wildman–Crippen LogP) is 5.24. The third-order valence-electron chi connectivity index (χ3n) is 5.11. The van der Waals surface area contributed by atoms with E-state index in [0.29, 0.717) is 16.1 Å². The van der Waals surface area contributed by atoms with Gasteiger partial charge in [0.1, 0.15) is 5.75 Å². The summed E-state index contributed by atoms with van der Waals surface area (Å²) in [4.78, 5) is 15.0. The highest BCUT2D eigenvalue weighted by atomic mass is 35.5. The smallest absolute Gasteiger partial charge is 0.387 e. The lowest BCUT2D eigenvalue weighted by molar-refractivity contribution is -0.115. The van der Waals surface area contributed by atoms with Gasteiger partial charge in [0, 0.05) is 13.1 Å². The zero-order valence-electron chi connectivity index (χ0n) is 17.7. The van der Waals surface area contributed by atoms with Crippen LogP contribution in [0.15, 0.2) is 53.7 Å². The summed E-state index contributed by atoms with van der Waals surface area (Å²) < 4.78 is 31.7. The number of para-hydroxylation sites is 3. The molecule has 3 aromatic rings. The molecule has 1 atom stereocenters. The van der Waals surface area contributed by atoms with Gasteiger partial charge in [0.05, 0.1) is 21.6 Å². The monoisotopic (exact) mass is 493 g/mol. The highest BCUT2D eigenvalue weighted by molar-refractivity contribution is 8.00. The Morgan fingerprint density at radius 3 is 2.55 bits per heavy atom. The van der Waals surface area contributed by atoms with Gasteiger partial charge in [-0.3, -0.25) is 9.36 Å².